The van der Waals surface area contributed by atoms with Gasteiger partial charge in [-0.2, -0.15) is 5.10 Å². The molecule has 2 N–H and O–H groups in total. The fraction of sp³-hybridized carbons (Fsp3) is 0.333. The van der Waals surface area contributed by atoms with Crippen LogP contribution in [0.4, 0.5) is 5.69 Å². The average Bonchev–Trinajstić information content (AvgIpc) is 3.05. The molecule has 0 saturated carbocycles. The van der Waals surface area contributed by atoms with E-state index in [4.69, 9.17) is 5.73 Å². The number of nitrogens with two attached hydrogens (primary N) is 1. The van der Waals surface area contributed by atoms with E-state index >= 15 is 0 Å². The van der Waals surface area contributed by atoms with E-state index in [1.807, 2.05) is 35.1 Å². The van der Waals surface area contributed by atoms with Crippen LogP contribution in [-0.2, 0) is 0 Å². The Balaban J connectivity index is 1.95. The summed E-state index contributed by atoms with van der Waals surface area (Å²) in [6, 6.07) is 8.54. The van der Waals surface area contributed by atoms with Crippen LogP contribution in [0.2, 0.25) is 0 Å². The second-order valence-electron chi connectivity index (χ2n) is 5.41. The zero-order valence-corrected chi connectivity index (χ0v) is 13.7. The van der Waals surface area contributed by atoms with Crippen molar-refractivity contribution in [1.82, 2.24) is 9.78 Å². The van der Waals surface area contributed by atoms with Crippen molar-refractivity contribution in [3.8, 4) is 0 Å². The zero-order valence-electron chi connectivity index (χ0n) is 12.1. The van der Waals surface area contributed by atoms with Crippen molar-refractivity contribution in [2.45, 2.75) is 25.9 Å². The molecule has 5 nitrogen and oxygen atoms in total. The van der Waals surface area contributed by atoms with Crippen LogP contribution in [0.1, 0.15) is 31.5 Å². The molecular weight excluding hydrogens is 330 g/mol. The second-order valence-corrected chi connectivity index (χ2v) is 6.33. The van der Waals surface area contributed by atoms with Gasteiger partial charge in [0.2, 0.25) is 0 Å². The highest BCUT2D eigenvalue weighted by Crippen LogP contribution is 2.32. The first kappa shape index (κ1) is 14.1. The molecule has 0 radical (unpaired) electrons. The van der Waals surface area contributed by atoms with Crippen molar-refractivity contribution in [2.24, 2.45) is 10.7 Å². The standard InChI is InChI=1S/C15H18BrN5/c1-10(2)20-9-11(7-19-20)14-8-18-15(17)21(14)13-5-3-4-12(16)6-13/h3-7,9-10,14H,8H2,1-2H3,(H2,17,18). The summed E-state index contributed by atoms with van der Waals surface area (Å²) >= 11 is 3.50. The van der Waals surface area contributed by atoms with Gasteiger partial charge in [0.25, 0.3) is 0 Å². The summed E-state index contributed by atoms with van der Waals surface area (Å²) in [4.78, 5) is 6.47. The molecule has 0 bridgehead atoms. The molecule has 0 amide bonds. The van der Waals surface area contributed by atoms with Crippen molar-refractivity contribution >= 4 is 27.6 Å². The maximum absolute atomic E-state index is 6.09. The Morgan fingerprint density at radius 1 is 1.38 bits per heavy atom. The number of anilines is 1. The maximum Gasteiger partial charge on any atom is 0.196 e. The van der Waals surface area contributed by atoms with Crippen molar-refractivity contribution < 1.29 is 0 Å². The number of aliphatic imine (C=N–C) groups is 1. The molecule has 2 heterocycles. The first-order chi connectivity index (χ1) is 10.1. The predicted molar refractivity (Wildman–Crippen MR) is 88.5 cm³/mol. The van der Waals surface area contributed by atoms with Crippen molar-refractivity contribution in [3.05, 3.63) is 46.7 Å². The lowest BCUT2D eigenvalue weighted by Gasteiger charge is -2.25. The number of rotatable bonds is 3. The second kappa shape index (κ2) is 5.52. The number of aromatic nitrogens is 2. The number of halogens is 1. The lowest BCUT2D eigenvalue weighted by atomic mass is 10.1. The Morgan fingerprint density at radius 2 is 2.19 bits per heavy atom. The third-order valence-corrected chi connectivity index (χ3v) is 4.10. The third kappa shape index (κ3) is 2.68. The number of hydrogen-bond acceptors (Lipinski definition) is 4. The minimum atomic E-state index is 0.104. The monoisotopic (exact) mass is 347 g/mol. The van der Waals surface area contributed by atoms with Gasteiger partial charge in [-0.1, -0.05) is 22.0 Å². The summed E-state index contributed by atoms with van der Waals surface area (Å²) in [6.45, 7) is 4.88. The topological polar surface area (TPSA) is 59.4 Å². The summed E-state index contributed by atoms with van der Waals surface area (Å²) in [5.41, 5.74) is 8.25. The smallest absolute Gasteiger partial charge is 0.196 e. The highest BCUT2D eigenvalue weighted by Gasteiger charge is 2.30. The van der Waals surface area contributed by atoms with E-state index in [2.05, 4.69) is 51.0 Å². The maximum atomic E-state index is 6.09. The van der Waals surface area contributed by atoms with Crippen LogP contribution in [0.25, 0.3) is 0 Å². The van der Waals surface area contributed by atoms with Gasteiger partial charge in [0, 0.05) is 28.0 Å². The molecule has 21 heavy (non-hydrogen) atoms. The zero-order chi connectivity index (χ0) is 15.0. The van der Waals surface area contributed by atoms with E-state index in [0.29, 0.717) is 18.5 Å². The molecule has 0 saturated heterocycles. The Bertz CT molecular complexity index is 676. The van der Waals surface area contributed by atoms with E-state index < -0.39 is 0 Å². The predicted octanol–water partition coefficient (Wildman–Crippen LogP) is 3.10. The summed E-state index contributed by atoms with van der Waals surface area (Å²) in [5.74, 6) is 0.551. The van der Waals surface area contributed by atoms with Crippen LogP contribution in [0.15, 0.2) is 46.1 Å². The van der Waals surface area contributed by atoms with E-state index in [9.17, 15) is 0 Å². The van der Waals surface area contributed by atoms with Gasteiger partial charge >= 0.3 is 0 Å². The lowest BCUT2D eigenvalue weighted by molar-refractivity contribution is 0.531. The fourth-order valence-corrected chi connectivity index (χ4v) is 2.88. The molecule has 1 aromatic heterocycles. The minimum absolute atomic E-state index is 0.104. The first-order valence-corrected chi connectivity index (χ1v) is 7.74. The molecule has 1 atom stereocenters. The SMILES string of the molecule is CC(C)n1cc(C2CN=C(N)N2c2cccc(Br)c2)cn1. The molecular formula is C15H18BrN5. The van der Waals surface area contributed by atoms with Crippen LogP contribution >= 0.6 is 15.9 Å². The van der Waals surface area contributed by atoms with Gasteiger partial charge < -0.3 is 10.6 Å². The van der Waals surface area contributed by atoms with Gasteiger partial charge in [-0.25, -0.2) is 0 Å². The van der Waals surface area contributed by atoms with Gasteiger partial charge in [0.05, 0.1) is 18.8 Å². The number of guanidine groups is 1. The van der Waals surface area contributed by atoms with Crippen molar-refractivity contribution in [1.29, 1.82) is 0 Å². The quantitative estimate of drug-likeness (QED) is 0.927. The van der Waals surface area contributed by atoms with Crippen LogP contribution in [-0.4, -0.2) is 22.3 Å². The Kier molecular flexibility index (Phi) is 3.71. The fourth-order valence-electron chi connectivity index (χ4n) is 2.50. The van der Waals surface area contributed by atoms with Crippen molar-refractivity contribution in [2.75, 3.05) is 11.4 Å². The molecule has 2 aromatic rings. The van der Waals surface area contributed by atoms with Crippen LogP contribution in [0, 0.1) is 0 Å². The molecule has 1 unspecified atom stereocenters. The van der Waals surface area contributed by atoms with Gasteiger partial charge in [0.15, 0.2) is 5.96 Å². The molecule has 0 fully saturated rings. The molecule has 1 aliphatic rings. The number of nitrogens with zero attached hydrogens (tertiary/aromatic N) is 4. The normalized spacial score (nSPS) is 18.4. The Labute approximate surface area is 132 Å². The summed E-state index contributed by atoms with van der Waals surface area (Å²) in [5, 5.41) is 4.42. The van der Waals surface area contributed by atoms with Gasteiger partial charge in [-0.15, -0.1) is 0 Å². The Hall–Kier alpha value is -1.82. The molecule has 0 aliphatic carbocycles. The van der Waals surface area contributed by atoms with E-state index in [1.165, 1.54) is 0 Å². The molecule has 6 heteroatoms. The van der Waals surface area contributed by atoms with Crippen LogP contribution in [0.5, 0.6) is 0 Å². The largest absolute Gasteiger partial charge is 0.369 e. The third-order valence-electron chi connectivity index (χ3n) is 3.61. The molecule has 1 aromatic carbocycles. The highest BCUT2D eigenvalue weighted by atomic mass is 79.9. The van der Waals surface area contributed by atoms with Crippen molar-refractivity contribution in [3.63, 3.8) is 0 Å². The van der Waals surface area contributed by atoms with Crippen LogP contribution in [0.3, 0.4) is 0 Å². The number of benzene rings is 1. The molecule has 3 rings (SSSR count). The van der Waals surface area contributed by atoms with Crippen LogP contribution < -0.4 is 10.6 Å². The highest BCUT2D eigenvalue weighted by molar-refractivity contribution is 9.10. The van der Waals surface area contributed by atoms with E-state index in [0.717, 1.165) is 15.7 Å². The molecule has 0 spiro atoms. The average molecular weight is 348 g/mol. The minimum Gasteiger partial charge on any atom is -0.369 e. The Morgan fingerprint density at radius 3 is 2.86 bits per heavy atom. The molecule has 1 aliphatic heterocycles. The van der Waals surface area contributed by atoms with E-state index in [-0.39, 0.29) is 6.04 Å². The number of hydrogen-bond donors (Lipinski definition) is 1. The molecule has 110 valence electrons. The van der Waals surface area contributed by atoms with Gasteiger partial charge in [0.1, 0.15) is 0 Å². The first-order valence-electron chi connectivity index (χ1n) is 6.95. The summed E-state index contributed by atoms with van der Waals surface area (Å²) in [6.07, 6.45) is 3.98. The summed E-state index contributed by atoms with van der Waals surface area (Å²) in [7, 11) is 0. The summed E-state index contributed by atoms with van der Waals surface area (Å²) < 4.78 is 2.99. The van der Waals surface area contributed by atoms with Gasteiger partial charge in [-0.3, -0.25) is 9.67 Å². The van der Waals surface area contributed by atoms with Gasteiger partial charge in [-0.05, 0) is 32.0 Å². The lowest BCUT2D eigenvalue weighted by Crippen LogP contribution is -2.36. The van der Waals surface area contributed by atoms with E-state index in [1.54, 1.807) is 0 Å².